The lowest BCUT2D eigenvalue weighted by molar-refractivity contribution is 1.03. The summed E-state index contributed by atoms with van der Waals surface area (Å²) in [6.45, 7) is 2.06. The average Bonchev–Trinajstić information content (AvgIpc) is 2.28. The van der Waals surface area contributed by atoms with Gasteiger partial charge in [-0.1, -0.05) is 41.1 Å². The fourth-order valence-electron chi connectivity index (χ4n) is 1.12. The minimum absolute atomic E-state index is 0.435. The molecular weight excluding hydrogens is 308 g/mol. The molecule has 2 rings (SSSR count). The highest BCUT2D eigenvalue weighted by atomic mass is 79.9. The molecule has 0 aliphatic rings. The number of aromatic nitrogens is 2. The summed E-state index contributed by atoms with van der Waals surface area (Å²) in [5.74, 6) is 0. The number of rotatable bonds is 2. The third-order valence-corrected chi connectivity index (χ3v) is 4.49. The maximum absolute atomic E-state index is 5.89. The maximum atomic E-state index is 5.89. The van der Waals surface area contributed by atoms with Gasteiger partial charge >= 0.3 is 0 Å². The molecule has 16 heavy (non-hydrogen) atoms. The van der Waals surface area contributed by atoms with Gasteiger partial charge in [0.15, 0.2) is 0 Å². The predicted molar refractivity (Wildman–Crippen MR) is 70.0 cm³/mol. The van der Waals surface area contributed by atoms with Crippen molar-refractivity contribution in [1.82, 2.24) is 9.97 Å². The van der Waals surface area contributed by atoms with Crippen molar-refractivity contribution in [2.24, 2.45) is 0 Å². The molecule has 2 aromatic rings. The van der Waals surface area contributed by atoms with E-state index in [2.05, 4.69) is 57.1 Å². The first-order valence-corrected chi connectivity index (χ1v) is 6.56. The van der Waals surface area contributed by atoms with Crippen LogP contribution in [-0.2, 0) is 0 Å². The monoisotopic (exact) mass is 314 g/mol. The summed E-state index contributed by atoms with van der Waals surface area (Å²) in [7, 11) is 0. The number of hydrogen-bond acceptors (Lipinski definition) is 3. The molecule has 82 valence electrons. The van der Waals surface area contributed by atoms with Crippen LogP contribution in [0.5, 0.6) is 0 Å². The average molecular weight is 316 g/mol. The van der Waals surface area contributed by atoms with Crippen LogP contribution in [0.4, 0.5) is 0 Å². The van der Waals surface area contributed by atoms with Crippen molar-refractivity contribution in [2.75, 3.05) is 0 Å². The minimum atomic E-state index is 0.435. The van der Waals surface area contributed by atoms with Crippen LogP contribution >= 0.6 is 39.3 Å². The third kappa shape index (κ3) is 2.75. The molecule has 1 aromatic carbocycles. The summed E-state index contributed by atoms with van der Waals surface area (Å²) in [6, 6.07) is 8.25. The van der Waals surface area contributed by atoms with Crippen LogP contribution in [0.3, 0.4) is 0 Å². The molecule has 0 saturated heterocycles. The molecule has 2 nitrogen and oxygen atoms in total. The normalized spacial score (nSPS) is 10.4. The Balaban J connectivity index is 2.27. The van der Waals surface area contributed by atoms with E-state index in [1.807, 2.05) is 0 Å². The van der Waals surface area contributed by atoms with E-state index in [9.17, 15) is 0 Å². The molecule has 0 unspecified atom stereocenters. The van der Waals surface area contributed by atoms with Crippen LogP contribution in [0.25, 0.3) is 0 Å². The molecule has 0 N–H and O–H groups in total. The fraction of sp³-hybridized carbons (Fsp3) is 0.0909. The SMILES string of the molecule is Cc1ccc(Sc2ncnc(Cl)c2Br)cc1. The number of nitrogens with zero attached hydrogens (tertiary/aromatic N) is 2. The molecule has 0 aliphatic carbocycles. The van der Waals surface area contributed by atoms with Gasteiger partial charge in [0.05, 0.1) is 4.47 Å². The van der Waals surface area contributed by atoms with Crippen LogP contribution in [-0.4, -0.2) is 9.97 Å². The summed E-state index contributed by atoms with van der Waals surface area (Å²) in [6.07, 6.45) is 1.46. The Morgan fingerprint density at radius 3 is 2.56 bits per heavy atom. The Labute approximate surface area is 112 Å². The van der Waals surface area contributed by atoms with Crippen molar-refractivity contribution in [2.45, 2.75) is 16.8 Å². The van der Waals surface area contributed by atoms with Crippen molar-refractivity contribution >= 4 is 39.3 Å². The zero-order chi connectivity index (χ0) is 11.5. The molecule has 0 bridgehead atoms. The lowest BCUT2D eigenvalue weighted by atomic mass is 10.2. The van der Waals surface area contributed by atoms with Gasteiger partial charge in [-0.05, 0) is 35.0 Å². The van der Waals surface area contributed by atoms with E-state index in [1.54, 1.807) is 11.8 Å². The van der Waals surface area contributed by atoms with Crippen molar-refractivity contribution in [3.05, 3.63) is 45.8 Å². The molecule has 1 heterocycles. The Bertz CT molecular complexity index is 502. The smallest absolute Gasteiger partial charge is 0.147 e. The first-order valence-electron chi connectivity index (χ1n) is 4.57. The summed E-state index contributed by atoms with van der Waals surface area (Å²) in [5.41, 5.74) is 1.24. The standard InChI is InChI=1S/C11H8BrClN2S/c1-7-2-4-8(5-3-7)16-11-9(12)10(13)14-6-15-11/h2-6H,1H3. The topological polar surface area (TPSA) is 25.8 Å². The number of aryl methyl sites for hydroxylation is 1. The maximum Gasteiger partial charge on any atom is 0.147 e. The molecule has 0 atom stereocenters. The summed E-state index contributed by atoms with van der Waals surface area (Å²) < 4.78 is 0.738. The fourth-order valence-corrected chi connectivity index (χ4v) is 2.54. The van der Waals surface area contributed by atoms with E-state index in [0.717, 1.165) is 14.4 Å². The second kappa shape index (κ2) is 5.17. The third-order valence-electron chi connectivity index (χ3n) is 1.95. The van der Waals surface area contributed by atoms with Crippen molar-refractivity contribution in [3.8, 4) is 0 Å². The molecule has 5 heteroatoms. The van der Waals surface area contributed by atoms with Crippen LogP contribution in [0.2, 0.25) is 5.15 Å². The first kappa shape index (κ1) is 11.9. The van der Waals surface area contributed by atoms with Gasteiger partial charge in [0.25, 0.3) is 0 Å². The van der Waals surface area contributed by atoms with Gasteiger partial charge in [-0.3, -0.25) is 0 Å². The van der Waals surface area contributed by atoms with Crippen LogP contribution in [0.1, 0.15) is 5.56 Å². The van der Waals surface area contributed by atoms with Crippen molar-refractivity contribution in [3.63, 3.8) is 0 Å². The van der Waals surface area contributed by atoms with Gasteiger partial charge in [-0.2, -0.15) is 0 Å². The minimum Gasteiger partial charge on any atom is -0.228 e. The molecule has 0 spiro atoms. The molecule has 1 aromatic heterocycles. The van der Waals surface area contributed by atoms with Gasteiger partial charge in [-0.25, -0.2) is 9.97 Å². The predicted octanol–water partition coefficient (Wildman–Crippen LogP) is 4.35. The molecular formula is C11H8BrClN2S. The Morgan fingerprint density at radius 1 is 1.19 bits per heavy atom. The lowest BCUT2D eigenvalue weighted by Gasteiger charge is -2.04. The highest BCUT2D eigenvalue weighted by Crippen LogP contribution is 2.34. The van der Waals surface area contributed by atoms with Gasteiger partial charge in [0.2, 0.25) is 0 Å². The first-order chi connectivity index (χ1) is 7.66. The van der Waals surface area contributed by atoms with Gasteiger partial charge in [0, 0.05) is 4.90 Å². The summed E-state index contributed by atoms with van der Waals surface area (Å²) >= 11 is 10.8. The highest BCUT2D eigenvalue weighted by molar-refractivity contribution is 9.10. The second-order valence-electron chi connectivity index (χ2n) is 3.20. The Hall–Kier alpha value is -0.580. The van der Waals surface area contributed by atoms with Crippen molar-refractivity contribution < 1.29 is 0 Å². The second-order valence-corrected chi connectivity index (χ2v) is 5.41. The van der Waals surface area contributed by atoms with E-state index < -0.39 is 0 Å². The van der Waals surface area contributed by atoms with E-state index in [-0.39, 0.29) is 0 Å². The van der Waals surface area contributed by atoms with E-state index in [4.69, 9.17) is 11.6 Å². The van der Waals surface area contributed by atoms with Crippen LogP contribution in [0, 0.1) is 6.92 Å². The van der Waals surface area contributed by atoms with Gasteiger partial charge in [-0.15, -0.1) is 0 Å². The zero-order valence-electron chi connectivity index (χ0n) is 8.45. The Morgan fingerprint density at radius 2 is 1.88 bits per heavy atom. The number of hydrogen-bond donors (Lipinski definition) is 0. The number of benzene rings is 1. The van der Waals surface area contributed by atoms with Gasteiger partial charge in [0.1, 0.15) is 16.5 Å². The quantitative estimate of drug-likeness (QED) is 0.770. The highest BCUT2D eigenvalue weighted by Gasteiger charge is 2.07. The number of halogens is 2. The Kier molecular flexibility index (Phi) is 3.84. The van der Waals surface area contributed by atoms with Crippen LogP contribution in [0.15, 0.2) is 45.0 Å². The summed E-state index contributed by atoms with van der Waals surface area (Å²) in [4.78, 5) is 9.19. The van der Waals surface area contributed by atoms with Crippen molar-refractivity contribution in [1.29, 1.82) is 0 Å². The van der Waals surface area contributed by atoms with E-state index in [0.29, 0.717) is 5.15 Å². The largest absolute Gasteiger partial charge is 0.228 e. The lowest BCUT2D eigenvalue weighted by Crippen LogP contribution is -1.86. The molecule has 0 radical (unpaired) electrons. The summed E-state index contributed by atoms with van der Waals surface area (Å²) in [5, 5.41) is 1.26. The van der Waals surface area contributed by atoms with E-state index in [1.165, 1.54) is 11.9 Å². The molecule has 0 amide bonds. The molecule has 0 fully saturated rings. The van der Waals surface area contributed by atoms with Gasteiger partial charge < -0.3 is 0 Å². The van der Waals surface area contributed by atoms with E-state index >= 15 is 0 Å². The zero-order valence-corrected chi connectivity index (χ0v) is 11.6. The molecule has 0 saturated carbocycles. The van der Waals surface area contributed by atoms with Crippen LogP contribution < -0.4 is 0 Å². The molecule has 0 aliphatic heterocycles.